The summed E-state index contributed by atoms with van der Waals surface area (Å²) in [4.78, 5) is 30.7. The Kier molecular flexibility index (Phi) is 6.13. The molecule has 0 aliphatic carbocycles. The SMILES string of the molecule is NC(CS)C(=O)OOC(=O)C1OC(O)C(O)C(O)C1O. The highest BCUT2D eigenvalue weighted by Crippen LogP contribution is 2.20. The molecule has 0 aromatic carbocycles. The van der Waals surface area contributed by atoms with Crippen molar-refractivity contribution in [3.63, 3.8) is 0 Å². The number of carbonyl (C=O) groups is 2. The van der Waals surface area contributed by atoms with E-state index in [1.54, 1.807) is 0 Å². The van der Waals surface area contributed by atoms with Gasteiger partial charge >= 0.3 is 11.9 Å². The van der Waals surface area contributed by atoms with Gasteiger partial charge in [-0.2, -0.15) is 12.6 Å². The van der Waals surface area contributed by atoms with Gasteiger partial charge in [-0.3, -0.25) is 0 Å². The van der Waals surface area contributed by atoms with Crippen molar-refractivity contribution in [2.75, 3.05) is 5.75 Å². The Balaban J connectivity index is 2.57. The van der Waals surface area contributed by atoms with E-state index in [-0.39, 0.29) is 5.75 Å². The van der Waals surface area contributed by atoms with Crippen molar-refractivity contribution in [3.05, 3.63) is 0 Å². The molecule has 6 N–H and O–H groups in total. The number of rotatable bonds is 3. The first kappa shape index (κ1) is 17.1. The zero-order valence-corrected chi connectivity index (χ0v) is 10.9. The molecule has 10 nitrogen and oxygen atoms in total. The Morgan fingerprint density at radius 1 is 1.15 bits per heavy atom. The van der Waals surface area contributed by atoms with Crippen molar-refractivity contribution < 1.29 is 44.5 Å². The third-order valence-electron chi connectivity index (χ3n) is 2.53. The van der Waals surface area contributed by atoms with Crippen molar-refractivity contribution in [3.8, 4) is 0 Å². The molecule has 6 atom stereocenters. The summed E-state index contributed by atoms with van der Waals surface area (Å²) in [6, 6.07) is -1.12. The predicted molar refractivity (Wildman–Crippen MR) is 62.9 cm³/mol. The Labute approximate surface area is 118 Å². The van der Waals surface area contributed by atoms with E-state index in [2.05, 4.69) is 27.1 Å². The third kappa shape index (κ3) is 3.79. The lowest BCUT2D eigenvalue weighted by Crippen LogP contribution is -2.60. The highest BCUT2D eigenvalue weighted by molar-refractivity contribution is 7.80. The lowest BCUT2D eigenvalue weighted by atomic mass is 9.99. The molecule has 0 amide bonds. The average molecular weight is 313 g/mol. The van der Waals surface area contributed by atoms with E-state index in [1.165, 1.54) is 0 Å². The molecule has 0 radical (unpaired) electrons. The van der Waals surface area contributed by atoms with E-state index in [1.807, 2.05) is 0 Å². The fraction of sp³-hybridized carbons (Fsp3) is 0.778. The number of aliphatic hydroxyl groups is 4. The van der Waals surface area contributed by atoms with Gasteiger partial charge in [0, 0.05) is 5.75 Å². The van der Waals surface area contributed by atoms with Gasteiger partial charge in [0.15, 0.2) is 12.4 Å². The Morgan fingerprint density at radius 2 is 1.75 bits per heavy atom. The zero-order chi connectivity index (χ0) is 15.4. The fourth-order valence-electron chi connectivity index (χ4n) is 1.32. The zero-order valence-electron chi connectivity index (χ0n) is 10.0. The number of nitrogens with two attached hydrogens (primary N) is 1. The monoisotopic (exact) mass is 313 g/mol. The summed E-state index contributed by atoms with van der Waals surface area (Å²) in [5.41, 5.74) is 5.23. The van der Waals surface area contributed by atoms with E-state index in [4.69, 9.17) is 5.73 Å². The third-order valence-corrected chi connectivity index (χ3v) is 2.92. The highest BCUT2D eigenvalue weighted by Gasteiger charge is 2.47. The fourth-order valence-corrected chi connectivity index (χ4v) is 1.47. The summed E-state index contributed by atoms with van der Waals surface area (Å²) in [5.74, 6) is -2.52. The quantitative estimate of drug-likeness (QED) is 0.172. The van der Waals surface area contributed by atoms with E-state index in [0.29, 0.717) is 0 Å². The first-order valence-corrected chi connectivity index (χ1v) is 6.09. The van der Waals surface area contributed by atoms with Crippen LogP contribution < -0.4 is 5.73 Å². The van der Waals surface area contributed by atoms with Gasteiger partial charge in [-0.15, -0.1) is 0 Å². The molecular formula is C9H15NO9S. The van der Waals surface area contributed by atoms with Crippen LogP contribution in [0.25, 0.3) is 0 Å². The smallest absolute Gasteiger partial charge is 0.386 e. The molecule has 1 aliphatic rings. The summed E-state index contributed by atoms with van der Waals surface area (Å²) in [5, 5.41) is 37.2. The van der Waals surface area contributed by atoms with Crippen LogP contribution in [0.3, 0.4) is 0 Å². The Morgan fingerprint density at radius 3 is 2.30 bits per heavy atom. The lowest BCUT2D eigenvalue weighted by molar-refractivity contribution is -0.304. The van der Waals surface area contributed by atoms with Crippen LogP contribution in [-0.4, -0.2) is 74.9 Å². The number of thiol groups is 1. The average Bonchev–Trinajstić information content (AvgIpc) is 2.44. The summed E-state index contributed by atoms with van der Waals surface area (Å²) >= 11 is 3.72. The number of ether oxygens (including phenoxy) is 1. The summed E-state index contributed by atoms with van der Waals surface area (Å²) < 4.78 is 4.55. The molecule has 11 heteroatoms. The van der Waals surface area contributed by atoms with Crippen molar-refractivity contribution in [1.29, 1.82) is 0 Å². The number of hydrogen-bond acceptors (Lipinski definition) is 11. The molecule has 0 bridgehead atoms. The number of hydrogen-bond donors (Lipinski definition) is 6. The van der Waals surface area contributed by atoms with Crippen LogP contribution in [0.15, 0.2) is 0 Å². The largest absolute Gasteiger partial charge is 0.387 e. The van der Waals surface area contributed by atoms with Gasteiger partial charge in [-0.05, 0) is 0 Å². The molecule has 20 heavy (non-hydrogen) atoms. The second kappa shape index (κ2) is 7.17. The molecule has 1 rings (SSSR count). The second-order valence-corrected chi connectivity index (χ2v) is 4.38. The van der Waals surface area contributed by atoms with E-state index in [9.17, 15) is 30.0 Å². The van der Waals surface area contributed by atoms with E-state index >= 15 is 0 Å². The first-order valence-electron chi connectivity index (χ1n) is 5.46. The maximum Gasteiger partial charge on any atom is 0.386 e. The summed E-state index contributed by atoms with van der Waals surface area (Å²) in [6.45, 7) is 0. The lowest BCUT2D eigenvalue weighted by Gasteiger charge is -2.36. The first-order chi connectivity index (χ1) is 9.29. The molecule has 6 unspecified atom stereocenters. The topological polar surface area (TPSA) is 169 Å². The van der Waals surface area contributed by atoms with Crippen LogP contribution in [0.4, 0.5) is 0 Å². The molecule has 1 fully saturated rings. The van der Waals surface area contributed by atoms with Crippen LogP contribution in [0.2, 0.25) is 0 Å². The maximum atomic E-state index is 11.5. The van der Waals surface area contributed by atoms with Gasteiger partial charge in [0.05, 0.1) is 0 Å². The molecule has 0 aromatic rings. The molecular weight excluding hydrogens is 298 g/mol. The van der Waals surface area contributed by atoms with Gasteiger partial charge in [-0.1, -0.05) is 0 Å². The minimum atomic E-state index is -1.92. The number of aliphatic hydroxyl groups excluding tert-OH is 4. The predicted octanol–water partition coefficient (Wildman–Crippen LogP) is -3.96. The standard InChI is InChI=1S/C9H15NO9S/c10-2(1-20)7(14)18-19-9(16)6-4(12)3(11)5(13)8(15)17-6/h2-6,8,11-13,15,20H,1,10H2. The minimum Gasteiger partial charge on any atom is -0.387 e. The maximum absolute atomic E-state index is 11.5. The van der Waals surface area contributed by atoms with Crippen LogP contribution in [0.5, 0.6) is 0 Å². The number of carbonyl (C=O) groups excluding carboxylic acids is 2. The van der Waals surface area contributed by atoms with E-state index in [0.717, 1.165) is 0 Å². The van der Waals surface area contributed by atoms with Crippen molar-refractivity contribution in [1.82, 2.24) is 0 Å². The molecule has 1 heterocycles. The van der Waals surface area contributed by atoms with Crippen LogP contribution in [0, 0.1) is 0 Å². The Bertz CT molecular complexity index is 367. The van der Waals surface area contributed by atoms with Gasteiger partial charge in [-0.25, -0.2) is 19.4 Å². The molecule has 0 spiro atoms. The van der Waals surface area contributed by atoms with Crippen molar-refractivity contribution in [2.45, 2.75) is 36.7 Å². The van der Waals surface area contributed by atoms with Crippen LogP contribution in [-0.2, 0) is 24.1 Å². The van der Waals surface area contributed by atoms with Crippen molar-refractivity contribution >= 4 is 24.6 Å². The van der Waals surface area contributed by atoms with Gasteiger partial charge in [0.25, 0.3) is 0 Å². The second-order valence-electron chi connectivity index (χ2n) is 4.01. The van der Waals surface area contributed by atoms with E-state index < -0.39 is 48.7 Å². The van der Waals surface area contributed by atoms with Crippen molar-refractivity contribution in [2.24, 2.45) is 5.73 Å². The minimum absolute atomic E-state index is 0.0530. The Hall–Kier alpha value is -0.950. The van der Waals surface area contributed by atoms with Gasteiger partial charge in [0.2, 0.25) is 0 Å². The molecule has 0 saturated carbocycles. The molecule has 1 aliphatic heterocycles. The summed E-state index contributed by atoms with van der Waals surface area (Å²) in [6.07, 6.45) is -9.27. The normalized spacial score (nSPS) is 35.2. The summed E-state index contributed by atoms with van der Waals surface area (Å²) in [7, 11) is 0. The van der Waals surface area contributed by atoms with Crippen LogP contribution >= 0.6 is 12.6 Å². The van der Waals surface area contributed by atoms with Gasteiger partial charge in [0.1, 0.15) is 24.4 Å². The molecule has 116 valence electrons. The van der Waals surface area contributed by atoms with Gasteiger partial charge < -0.3 is 30.9 Å². The molecule has 0 aromatic heterocycles. The molecule has 1 saturated heterocycles. The highest BCUT2D eigenvalue weighted by atomic mass is 32.1. The van der Waals surface area contributed by atoms with Crippen LogP contribution in [0.1, 0.15) is 0 Å².